The third-order valence-corrected chi connectivity index (χ3v) is 5.20. The number of allylic oxidation sites excluding steroid dienone is 6. The molecule has 0 aromatic heterocycles. The summed E-state index contributed by atoms with van der Waals surface area (Å²) in [5.41, 5.74) is -0.860. The second-order valence-electron chi connectivity index (χ2n) is 7.66. The van der Waals surface area contributed by atoms with E-state index in [9.17, 15) is 19.5 Å². The molecule has 0 radical (unpaired) electrons. The van der Waals surface area contributed by atoms with Gasteiger partial charge >= 0.3 is 5.97 Å². The topological polar surface area (TPSA) is 125 Å². The molecule has 3 heterocycles. The van der Waals surface area contributed by atoms with Crippen LogP contribution in [0.15, 0.2) is 58.7 Å². The van der Waals surface area contributed by atoms with Gasteiger partial charge in [-0.15, -0.1) is 0 Å². The fourth-order valence-corrected chi connectivity index (χ4v) is 3.65. The van der Waals surface area contributed by atoms with Gasteiger partial charge < -0.3 is 25.0 Å². The van der Waals surface area contributed by atoms with Gasteiger partial charge in [0.1, 0.15) is 6.61 Å². The number of esters is 1. The number of amides is 1. The quantitative estimate of drug-likeness (QED) is 0.176. The number of hydrogen-bond donors (Lipinski definition) is 3. The maximum absolute atomic E-state index is 12.8. The zero-order chi connectivity index (χ0) is 22.1. The van der Waals surface area contributed by atoms with Crippen molar-refractivity contribution in [2.75, 3.05) is 13.2 Å². The summed E-state index contributed by atoms with van der Waals surface area (Å²) in [7, 11) is 0. The summed E-state index contributed by atoms with van der Waals surface area (Å²) >= 11 is 0. The lowest BCUT2D eigenvalue weighted by atomic mass is 9.92. The molecule has 0 unspecified atom stereocenters. The molecule has 0 aromatic rings. The van der Waals surface area contributed by atoms with Gasteiger partial charge in [0.15, 0.2) is 11.8 Å². The number of epoxide rings is 1. The lowest BCUT2D eigenvalue weighted by molar-refractivity contribution is -0.138. The van der Waals surface area contributed by atoms with Crippen LogP contribution >= 0.6 is 0 Å². The van der Waals surface area contributed by atoms with Crippen molar-refractivity contribution < 1.29 is 34.1 Å². The van der Waals surface area contributed by atoms with Crippen LogP contribution in [0.3, 0.4) is 0 Å². The predicted octanol–water partition coefficient (Wildman–Crippen LogP) is 0.772. The monoisotopic (exact) mass is 415 g/mol. The van der Waals surface area contributed by atoms with E-state index in [1.807, 2.05) is 19.9 Å². The van der Waals surface area contributed by atoms with Crippen molar-refractivity contribution >= 4 is 17.7 Å². The van der Waals surface area contributed by atoms with Crippen molar-refractivity contribution in [3.05, 3.63) is 58.7 Å². The minimum atomic E-state index is -1.73. The number of morpholine rings is 1. The second-order valence-corrected chi connectivity index (χ2v) is 7.66. The molecule has 8 heteroatoms. The minimum absolute atomic E-state index is 0.118. The van der Waals surface area contributed by atoms with E-state index >= 15 is 0 Å². The van der Waals surface area contributed by atoms with Crippen LogP contribution in [0.25, 0.3) is 0 Å². The highest BCUT2D eigenvalue weighted by atomic mass is 16.6. The van der Waals surface area contributed by atoms with Crippen molar-refractivity contribution in [2.24, 2.45) is 0 Å². The van der Waals surface area contributed by atoms with E-state index in [-0.39, 0.29) is 19.0 Å². The first kappa shape index (κ1) is 21.9. The molecule has 30 heavy (non-hydrogen) atoms. The lowest BCUT2D eigenvalue weighted by Gasteiger charge is -2.22. The summed E-state index contributed by atoms with van der Waals surface area (Å²) in [5.74, 6) is -1.55. The van der Waals surface area contributed by atoms with E-state index in [1.54, 1.807) is 37.3 Å². The van der Waals surface area contributed by atoms with Crippen molar-refractivity contribution in [3.63, 3.8) is 0 Å². The summed E-state index contributed by atoms with van der Waals surface area (Å²) in [6.45, 7) is 5.25. The highest BCUT2D eigenvalue weighted by molar-refractivity contribution is 6.21. The predicted molar refractivity (Wildman–Crippen MR) is 107 cm³/mol. The van der Waals surface area contributed by atoms with Crippen molar-refractivity contribution in [1.82, 2.24) is 5.32 Å². The number of hydrogen-bond acceptors (Lipinski definition) is 7. The molecule has 0 aliphatic carbocycles. The molecule has 3 atom stereocenters. The Morgan fingerprint density at radius 3 is 2.63 bits per heavy atom. The van der Waals surface area contributed by atoms with E-state index in [0.29, 0.717) is 17.8 Å². The number of aliphatic hydroxyl groups is 2. The van der Waals surface area contributed by atoms with Crippen LogP contribution in [0.1, 0.15) is 27.2 Å². The van der Waals surface area contributed by atoms with E-state index in [1.165, 1.54) is 0 Å². The average molecular weight is 415 g/mol. The fraction of sp³-hybridized carbons (Fsp3) is 0.409. The van der Waals surface area contributed by atoms with E-state index < -0.39 is 29.1 Å². The highest BCUT2D eigenvalue weighted by Gasteiger charge is 2.80. The van der Waals surface area contributed by atoms with Crippen LogP contribution in [0.5, 0.6) is 0 Å². The number of fused-ring (bicyclic) bond motifs is 1. The standard InChI is InChI=1S/C22H25NO7/c1-13(11-14(2)12-16-7-10-29-18(16)26)5-4-6-15(3)17(25)22-19(30-22)21(28,8-9-24)23-20(22)27/h4-7,11-12,19,24,28H,8-10H2,1-3H3,(H,23,27)/b5-4+,13-11+,14-12+,15-6+/t19-,21-,22-/m1/s1. The Balaban J connectivity index is 1.66. The Morgan fingerprint density at radius 1 is 1.30 bits per heavy atom. The van der Waals surface area contributed by atoms with Gasteiger partial charge in [0.05, 0.1) is 5.57 Å². The molecule has 2 fully saturated rings. The Kier molecular flexibility index (Phi) is 5.94. The first-order chi connectivity index (χ1) is 14.1. The van der Waals surface area contributed by atoms with Crippen molar-refractivity contribution in [1.29, 1.82) is 0 Å². The number of aliphatic hydroxyl groups excluding tert-OH is 1. The van der Waals surface area contributed by atoms with Crippen LogP contribution in [0, 0.1) is 0 Å². The molecular weight excluding hydrogens is 390 g/mol. The largest absolute Gasteiger partial charge is 0.458 e. The van der Waals surface area contributed by atoms with Crippen LogP contribution in [0.2, 0.25) is 0 Å². The van der Waals surface area contributed by atoms with Gasteiger partial charge in [-0.2, -0.15) is 0 Å². The van der Waals surface area contributed by atoms with Crippen LogP contribution in [0.4, 0.5) is 0 Å². The maximum atomic E-state index is 12.8. The van der Waals surface area contributed by atoms with Gasteiger partial charge in [0, 0.05) is 13.0 Å². The third-order valence-electron chi connectivity index (χ3n) is 5.20. The van der Waals surface area contributed by atoms with Gasteiger partial charge in [-0.05, 0) is 38.5 Å². The molecule has 1 amide bonds. The SMILES string of the molecule is CC(=C\C1=CCOC1=O)/C=C(C)/C=C/C=C(\C)C(=O)[C@@]12O[C@@H]1[C@](O)(CCO)NC2=O. The molecule has 0 bridgehead atoms. The molecule has 3 aliphatic rings. The first-order valence-corrected chi connectivity index (χ1v) is 9.61. The molecule has 3 rings (SSSR count). The molecule has 3 N–H and O–H groups in total. The molecule has 2 saturated heterocycles. The Bertz CT molecular complexity index is 939. The summed E-state index contributed by atoms with van der Waals surface area (Å²) in [5, 5.41) is 21.8. The number of ether oxygens (including phenoxy) is 2. The summed E-state index contributed by atoms with van der Waals surface area (Å²) in [6, 6.07) is 0. The zero-order valence-electron chi connectivity index (χ0n) is 17.1. The average Bonchev–Trinajstić information content (AvgIpc) is 3.27. The number of carbonyl (C=O) groups is 3. The van der Waals surface area contributed by atoms with Crippen molar-refractivity contribution in [2.45, 2.75) is 44.6 Å². The summed E-state index contributed by atoms with van der Waals surface area (Å²) in [6.07, 6.45) is 9.25. The van der Waals surface area contributed by atoms with E-state index in [0.717, 1.165) is 11.1 Å². The highest BCUT2D eigenvalue weighted by Crippen LogP contribution is 2.50. The van der Waals surface area contributed by atoms with Gasteiger partial charge in [-0.25, -0.2) is 4.79 Å². The molecule has 0 saturated carbocycles. The molecule has 3 aliphatic heterocycles. The first-order valence-electron chi connectivity index (χ1n) is 9.61. The molecule has 0 aromatic carbocycles. The Labute approximate surface area is 174 Å². The Hall–Kier alpha value is -2.81. The van der Waals surface area contributed by atoms with Crippen molar-refractivity contribution in [3.8, 4) is 0 Å². The van der Waals surface area contributed by atoms with Gasteiger partial charge in [0.2, 0.25) is 11.4 Å². The number of ketones is 1. The number of cyclic esters (lactones) is 1. The van der Waals surface area contributed by atoms with Gasteiger partial charge in [-0.1, -0.05) is 35.5 Å². The van der Waals surface area contributed by atoms with Crippen LogP contribution in [-0.2, 0) is 23.9 Å². The molecule has 160 valence electrons. The summed E-state index contributed by atoms with van der Waals surface area (Å²) in [4.78, 5) is 36.5. The Morgan fingerprint density at radius 2 is 2.03 bits per heavy atom. The number of rotatable bonds is 8. The molecule has 8 nitrogen and oxygen atoms in total. The van der Waals surface area contributed by atoms with Crippen LogP contribution < -0.4 is 5.32 Å². The second kappa shape index (κ2) is 8.14. The van der Waals surface area contributed by atoms with Gasteiger partial charge in [-0.3, -0.25) is 9.59 Å². The number of Topliss-reactive ketones (excluding diaryl/α,β-unsaturated/α-hetero) is 1. The lowest BCUT2D eigenvalue weighted by Crippen LogP contribution is -2.48. The molecule has 0 spiro atoms. The van der Waals surface area contributed by atoms with E-state index in [2.05, 4.69) is 5.32 Å². The fourth-order valence-electron chi connectivity index (χ4n) is 3.65. The number of carbonyl (C=O) groups excluding carboxylic acids is 3. The minimum Gasteiger partial charge on any atom is -0.458 e. The number of nitrogens with one attached hydrogen (secondary N) is 1. The smallest absolute Gasteiger partial charge is 0.338 e. The maximum Gasteiger partial charge on any atom is 0.338 e. The molecular formula is C22H25NO7. The van der Waals surface area contributed by atoms with Crippen LogP contribution in [-0.4, -0.2) is 58.5 Å². The normalized spacial score (nSPS) is 31.6. The third kappa shape index (κ3) is 3.94. The summed E-state index contributed by atoms with van der Waals surface area (Å²) < 4.78 is 10.2. The zero-order valence-corrected chi connectivity index (χ0v) is 17.1. The van der Waals surface area contributed by atoms with E-state index in [4.69, 9.17) is 14.6 Å². The van der Waals surface area contributed by atoms with Gasteiger partial charge in [0.25, 0.3) is 5.91 Å².